The maximum Gasteiger partial charge on any atom is 0.171 e. The third-order valence-corrected chi connectivity index (χ3v) is 4.93. The Bertz CT molecular complexity index is 882. The van der Waals surface area contributed by atoms with Gasteiger partial charge >= 0.3 is 0 Å². The molecule has 0 fully saturated rings. The van der Waals surface area contributed by atoms with Gasteiger partial charge in [-0.05, 0) is 54.1 Å². The van der Waals surface area contributed by atoms with Crippen molar-refractivity contribution in [1.29, 1.82) is 0 Å². The fraction of sp³-hybridized carbons (Fsp3) is 0.190. The van der Waals surface area contributed by atoms with Crippen molar-refractivity contribution in [3.8, 4) is 0 Å². The van der Waals surface area contributed by atoms with Gasteiger partial charge in [-0.25, -0.2) is 0 Å². The van der Waals surface area contributed by atoms with Gasteiger partial charge in [-0.3, -0.25) is 0 Å². The van der Waals surface area contributed by atoms with E-state index in [0.29, 0.717) is 11.2 Å². The Hall–Kier alpha value is -2.39. The van der Waals surface area contributed by atoms with Crippen LogP contribution in [0.1, 0.15) is 30.0 Å². The van der Waals surface area contributed by atoms with Crippen LogP contribution in [-0.4, -0.2) is 5.11 Å². The van der Waals surface area contributed by atoms with Crippen LogP contribution in [0, 0.1) is 0 Å². The molecule has 2 nitrogen and oxygen atoms in total. The van der Waals surface area contributed by atoms with Gasteiger partial charge in [0.05, 0.1) is 6.04 Å². The first-order valence-electron chi connectivity index (χ1n) is 8.44. The number of aryl methyl sites for hydroxylation is 1. The van der Waals surface area contributed by atoms with E-state index in [1.54, 1.807) is 0 Å². The van der Waals surface area contributed by atoms with Crippen molar-refractivity contribution >= 4 is 33.8 Å². The van der Waals surface area contributed by atoms with E-state index in [0.717, 1.165) is 18.5 Å². The quantitative estimate of drug-likeness (QED) is 0.630. The van der Waals surface area contributed by atoms with E-state index in [1.165, 1.54) is 28.3 Å². The Kier molecular flexibility index (Phi) is 4.18. The van der Waals surface area contributed by atoms with Crippen molar-refractivity contribution in [3.63, 3.8) is 0 Å². The lowest BCUT2D eigenvalue weighted by atomic mass is 9.88. The summed E-state index contributed by atoms with van der Waals surface area (Å²) < 4.78 is 0. The minimum Gasteiger partial charge on any atom is -0.356 e. The van der Waals surface area contributed by atoms with Crippen molar-refractivity contribution < 1.29 is 0 Å². The Balaban J connectivity index is 1.53. The van der Waals surface area contributed by atoms with Crippen molar-refractivity contribution in [2.45, 2.75) is 25.3 Å². The summed E-state index contributed by atoms with van der Waals surface area (Å²) >= 11 is 5.59. The summed E-state index contributed by atoms with van der Waals surface area (Å²) in [7, 11) is 0. The third kappa shape index (κ3) is 3.00. The summed E-state index contributed by atoms with van der Waals surface area (Å²) in [5, 5.41) is 9.98. The molecule has 0 amide bonds. The molecule has 3 aromatic carbocycles. The van der Waals surface area contributed by atoms with E-state index >= 15 is 0 Å². The van der Waals surface area contributed by atoms with Crippen LogP contribution in [-0.2, 0) is 6.42 Å². The highest BCUT2D eigenvalue weighted by atomic mass is 32.1. The van der Waals surface area contributed by atoms with Crippen LogP contribution in [0.5, 0.6) is 0 Å². The van der Waals surface area contributed by atoms with Gasteiger partial charge in [0, 0.05) is 11.1 Å². The van der Waals surface area contributed by atoms with Crippen molar-refractivity contribution in [3.05, 3.63) is 77.9 Å². The summed E-state index contributed by atoms with van der Waals surface area (Å²) in [6.45, 7) is 0. The fourth-order valence-corrected chi connectivity index (χ4v) is 3.81. The van der Waals surface area contributed by atoms with Gasteiger partial charge in [0.25, 0.3) is 0 Å². The second-order valence-corrected chi connectivity index (χ2v) is 6.68. The van der Waals surface area contributed by atoms with E-state index in [4.69, 9.17) is 12.2 Å². The minimum atomic E-state index is 0.296. The lowest BCUT2D eigenvalue weighted by molar-refractivity contribution is 0.529. The summed E-state index contributed by atoms with van der Waals surface area (Å²) in [6.07, 6.45) is 3.48. The molecule has 0 bridgehead atoms. The summed E-state index contributed by atoms with van der Waals surface area (Å²) in [4.78, 5) is 0. The van der Waals surface area contributed by atoms with Gasteiger partial charge in [-0.1, -0.05) is 60.7 Å². The Labute approximate surface area is 147 Å². The zero-order valence-corrected chi connectivity index (χ0v) is 14.3. The molecule has 3 heteroatoms. The lowest BCUT2D eigenvalue weighted by Gasteiger charge is -2.27. The molecular weight excluding hydrogens is 312 g/mol. The fourth-order valence-electron chi connectivity index (χ4n) is 3.55. The maximum atomic E-state index is 5.59. The smallest absolute Gasteiger partial charge is 0.171 e. The number of hydrogen-bond acceptors (Lipinski definition) is 1. The van der Waals surface area contributed by atoms with Crippen LogP contribution < -0.4 is 10.6 Å². The second kappa shape index (κ2) is 6.62. The predicted molar refractivity (Wildman–Crippen MR) is 105 cm³/mol. The number of rotatable bonds is 2. The largest absolute Gasteiger partial charge is 0.356 e. The molecule has 0 radical (unpaired) electrons. The number of benzene rings is 3. The standard InChI is InChI=1S/C21H20N2S/c24-21(22-19-13-5-9-15-7-1-3-11-17(15)19)23-20-14-6-10-16-8-2-4-12-18(16)20/h1-5,7-9,11-13,20H,6,10,14H2,(H2,22,23,24). The molecule has 0 saturated heterocycles. The Morgan fingerprint density at radius 2 is 1.71 bits per heavy atom. The van der Waals surface area contributed by atoms with Crippen molar-refractivity contribution in [2.24, 2.45) is 0 Å². The average molecular weight is 332 g/mol. The molecule has 0 heterocycles. The molecule has 24 heavy (non-hydrogen) atoms. The van der Waals surface area contributed by atoms with E-state index in [-0.39, 0.29) is 0 Å². The highest BCUT2D eigenvalue weighted by Crippen LogP contribution is 2.30. The zero-order chi connectivity index (χ0) is 16.4. The van der Waals surface area contributed by atoms with Crippen LogP contribution >= 0.6 is 12.2 Å². The van der Waals surface area contributed by atoms with Crippen LogP contribution in [0.15, 0.2) is 66.7 Å². The molecule has 0 spiro atoms. The lowest BCUT2D eigenvalue weighted by Crippen LogP contribution is -2.34. The van der Waals surface area contributed by atoms with E-state index in [9.17, 15) is 0 Å². The van der Waals surface area contributed by atoms with Gasteiger partial charge < -0.3 is 10.6 Å². The molecule has 3 aromatic rings. The molecule has 1 unspecified atom stereocenters. The number of anilines is 1. The average Bonchev–Trinajstić information content (AvgIpc) is 2.62. The summed E-state index contributed by atoms with van der Waals surface area (Å²) in [5.41, 5.74) is 3.87. The zero-order valence-electron chi connectivity index (χ0n) is 13.5. The molecule has 0 aliphatic heterocycles. The first-order valence-corrected chi connectivity index (χ1v) is 8.85. The van der Waals surface area contributed by atoms with Crippen LogP contribution in [0.25, 0.3) is 10.8 Å². The highest BCUT2D eigenvalue weighted by Gasteiger charge is 2.20. The Morgan fingerprint density at radius 3 is 2.67 bits per heavy atom. The number of nitrogens with one attached hydrogen (secondary N) is 2. The van der Waals surface area contributed by atoms with Gasteiger partial charge in [-0.2, -0.15) is 0 Å². The van der Waals surface area contributed by atoms with Crippen LogP contribution in [0.3, 0.4) is 0 Å². The first-order chi connectivity index (χ1) is 11.8. The Morgan fingerprint density at radius 1 is 0.917 bits per heavy atom. The van der Waals surface area contributed by atoms with Crippen LogP contribution in [0.4, 0.5) is 5.69 Å². The van der Waals surface area contributed by atoms with Gasteiger partial charge in [0.15, 0.2) is 5.11 Å². The van der Waals surface area contributed by atoms with Gasteiger partial charge in [-0.15, -0.1) is 0 Å². The van der Waals surface area contributed by atoms with Crippen molar-refractivity contribution in [1.82, 2.24) is 5.32 Å². The van der Waals surface area contributed by atoms with E-state index in [2.05, 4.69) is 77.4 Å². The van der Waals surface area contributed by atoms with Crippen LogP contribution in [0.2, 0.25) is 0 Å². The minimum absolute atomic E-state index is 0.296. The molecule has 4 rings (SSSR count). The van der Waals surface area contributed by atoms with E-state index < -0.39 is 0 Å². The second-order valence-electron chi connectivity index (χ2n) is 6.27. The molecule has 2 N–H and O–H groups in total. The molecule has 1 aliphatic carbocycles. The molecule has 1 aliphatic rings. The summed E-state index contributed by atoms with van der Waals surface area (Å²) in [5.74, 6) is 0. The SMILES string of the molecule is S=C(Nc1cccc2ccccc12)NC1CCCc2ccccc21. The monoisotopic (exact) mass is 332 g/mol. The molecule has 0 aromatic heterocycles. The molecule has 0 saturated carbocycles. The maximum absolute atomic E-state index is 5.59. The molecular formula is C21H20N2S. The third-order valence-electron chi connectivity index (χ3n) is 4.71. The number of thiocarbonyl (C=S) groups is 1. The van der Waals surface area contributed by atoms with E-state index in [1.807, 2.05) is 0 Å². The topological polar surface area (TPSA) is 24.1 Å². The predicted octanol–water partition coefficient (Wildman–Crippen LogP) is 5.20. The molecule has 1 atom stereocenters. The normalized spacial score (nSPS) is 16.4. The highest BCUT2D eigenvalue weighted by molar-refractivity contribution is 7.80. The first kappa shape index (κ1) is 15.2. The van der Waals surface area contributed by atoms with Gasteiger partial charge in [0.1, 0.15) is 0 Å². The van der Waals surface area contributed by atoms with Crippen molar-refractivity contribution in [2.75, 3.05) is 5.32 Å². The molecule has 120 valence electrons. The van der Waals surface area contributed by atoms with Gasteiger partial charge in [0.2, 0.25) is 0 Å². The number of hydrogen-bond donors (Lipinski definition) is 2. The number of fused-ring (bicyclic) bond motifs is 2. The summed E-state index contributed by atoms with van der Waals surface area (Å²) in [6, 6.07) is 23.6.